The van der Waals surface area contributed by atoms with E-state index in [0.29, 0.717) is 19.3 Å². The highest BCUT2D eigenvalue weighted by Gasteiger charge is 2.19. The van der Waals surface area contributed by atoms with Crippen LogP contribution in [0.1, 0.15) is 290 Å². The highest BCUT2D eigenvalue weighted by Crippen LogP contribution is 2.16. The molecule has 0 saturated heterocycles. The first-order chi connectivity index (χ1) is 39.0. The number of carbonyl (C=O) groups excluding carboxylic acids is 3. The summed E-state index contributed by atoms with van der Waals surface area (Å²) in [5.41, 5.74) is 0. The Morgan fingerprint density at radius 1 is 0.266 bits per heavy atom. The zero-order valence-electron chi connectivity index (χ0n) is 51.3. The van der Waals surface area contributed by atoms with E-state index in [2.05, 4.69) is 148 Å². The molecule has 0 aromatic rings. The summed E-state index contributed by atoms with van der Waals surface area (Å²) in [4.78, 5) is 38.3. The van der Waals surface area contributed by atoms with Gasteiger partial charge < -0.3 is 14.2 Å². The zero-order chi connectivity index (χ0) is 57.1. The predicted molar refractivity (Wildman–Crippen MR) is 343 cm³/mol. The minimum Gasteiger partial charge on any atom is -0.462 e. The van der Waals surface area contributed by atoms with Crippen LogP contribution in [0.25, 0.3) is 0 Å². The fourth-order valence-corrected chi connectivity index (χ4v) is 8.85. The van der Waals surface area contributed by atoms with Crippen LogP contribution in [0, 0.1) is 0 Å². The van der Waals surface area contributed by atoms with Crippen LogP contribution in [0.5, 0.6) is 0 Å². The van der Waals surface area contributed by atoms with E-state index in [-0.39, 0.29) is 31.6 Å². The second-order valence-electron chi connectivity index (χ2n) is 21.3. The maximum absolute atomic E-state index is 12.9. The van der Waals surface area contributed by atoms with Crippen molar-refractivity contribution in [3.63, 3.8) is 0 Å². The first-order valence-corrected chi connectivity index (χ1v) is 32.7. The average molecular weight is 1090 g/mol. The molecule has 0 aromatic heterocycles. The lowest BCUT2D eigenvalue weighted by atomic mass is 10.0. The monoisotopic (exact) mass is 1090 g/mol. The van der Waals surface area contributed by atoms with Gasteiger partial charge in [0.25, 0.3) is 0 Å². The molecule has 0 rings (SSSR count). The van der Waals surface area contributed by atoms with E-state index in [9.17, 15) is 14.4 Å². The molecule has 0 saturated carbocycles. The highest BCUT2D eigenvalue weighted by atomic mass is 16.6. The van der Waals surface area contributed by atoms with Gasteiger partial charge in [-0.25, -0.2) is 0 Å². The van der Waals surface area contributed by atoms with Gasteiger partial charge in [0, 0.05) is 19.3 Å². The molecule has 0 heterocycles. The van der Waals surface area contributed by atoms with Gasteiger partial charge in [-0.2, -0.15) is 0 Å². The Kier molecular flexibility index (Phi) is 62.3. The third-order valence-corrected chi connectivity index (χ3v) is 13.7. The van der Waals surface area contributed by atoms with Crippen LogP contribution in [0.4, 0.5) is 0 Å². The number of carbonyl (C=O) groups is 3. The molecule has 0 radical (unpaired) electrons. The van der Waals surface area contributed by atoms with E-state index in [1.807, 2.05) is 6.08 Å². The van der Waals surface area contributed by atoms with Gasteiger partial charge in [-0.15, -0.1) is 0 Å². The van der Waals surface area contributed by atoms with Crippen LogP contribution >= 0.6 is 0 Å². The maximum atomic E-state index is 12.9. The number of ether oxygens (including phenoxy) is 3. The third-order valence-electron chi connectivity index (χ3n) is 13.7. The minimum atomic E-state index is -0.826. The van der Waals surface area contributed by atoms with Crippen LogP contribution in [0.2, 0.25) is 0 Å². The van der Waals surface area contributed by atoms with E-state index in [1.54, 1.807) is 0 Å². The fraction of sp³-hybridized carbons (Fsp3) is 0.658. The molecule has 0 aliphatic rings. The topological polar surface area (TPSA) is 78.9 Å². The van der Waals surface area contributed by atoms with Gasteiger partial charge >= 0.3 is 17.9 Å². The second kappa shape index (κ2) is 66.1. The van der Waals surface area contributed by atoms with Gasteiger partial charge in [-0.1, -0.05) is 302 Å². The average Bonchev–Trinajstić information content (AvgIpc) is 3.45. The number of rotatable bonds is 58. The van der Waals surface area contributed by atoms with Crippen LogP contribution in [0.15, 0.2) is 134 Å². The molecule has 0 amide bonds. The fourth-order valence-electron chi connectivity index (χ4n) is 8.85. The van der Waals surface area contributed by atoms with E-state index >= 15 is 0 Å². The van der Waals surface area contributed by atoms with Crippen LogP contribution in [-0.2, 0) is 28.6 Å². The van der Waals surface area contributed by atoms with Gasteiger partial charge in [0.05, 0.1) is 0 Å². The normalized spacial score (nSPS) is 13.0. The number of esters is 3. The second-order valence-corrected chi connectivity index (χ2v) is 21.3. The minimum absolute atomic E-state index is 0.111. The van der Waals surface area contributed by atoms with E-state index < -0.39 is 12.1 Å². The van der Waals surface area contributed by atoms with Crippen molar-refractivity contribution in [3.05, 3.63) is 134 Å². The molecule has 448 valence electrons. The molecule has 0 bridgehead atoms. The Labute approximate surface area is 487 Å². The molecule has 1 unspecified atom stereocenters. The van der Waals surface area contributed by atoms with Crippen molar-refractivity contribution in [1.82, 2.24) is 0 Å². The van der Waals surface area contributed by atoms with Gasteiger partial charge in [-0.05, 0) is 103 Å². The lowest BCUT2D eigenvalue weighted by Gasteiger charge is -2.18. The molecule has 6 heteroatoms. The van der Waals surface area contributed by atoms with Crippen molar-refractivity contribution >= 4 is 17.9 Å². The first-order valence-electron chi connectivity index (χ1n) is 32.7. The van der Waals surface area contributed by atoms with Crippen LogP contribution in [0.3, 0.4) is 0 Å². The van der Waals surface area contributed by atoms with Gasteiger partial charge in [0.2, 0.25) is 0 Å². The van der Waals surface area contributed by atoms with E-state index in [1.165, 1.54) is 128 Å². The first kappa shape index (κ1) is 74.5. The number of hydrogen-bond acceptors (Lipinski definition) is 6. The smallest absolute Gasteiger partial charge is 0.306 e. The molecule has 0 fully saturated rings. The standard InChI is InChI=1S/C73H120O6/c1-4-7-10-13-16-19-22-25-28-31-33-34-35-36-37-38-40-42-45-48-51-54-57-60-63-66-72(75)78-69-70(68-77-71(74)65-62-59-56-53-50-47-44-41-30-27-24-21-18-15-12-9-6-3)79-73(76)67-64-61-58-55-52-49-46-43-39-32-29-26-23-20-17-14-11-8-5-2/h7-8,10-11,16-17,19-20,25-26,28-29,33-34,36-37,39,43,49,52,58,61,70H,4-6,9,12-15,18,21-24,27,30-32,35,38,40-42,44-48,50-51,53-57,59-60,62-69H2,1-3H3/b10-7-,11-8-,19-16-,20-17-,28-25-,29-26-,34-33-,37-36-,43-39-,52-49-,61-58-. The number of unbranched alkanes of at least 4 members (excludes halogenated alkanes) is 25. The van der Waals surface area contributed by atoms with Gasteiger partial charge in [0.15, 0.2) is 6.10 Å². The molecule has 6 nitrogen and oxygen atoms in total. The van der Waals surface area contributed by atoms with Crippen molar-refractivity contribution in [1.29, 1.82) is 0 Å². The highest BCUT2D eigenvalue weighted by molar-refractivity contribution is 5.71. The maximum Gasteiger partial charge on any atom is 0.306 e. The SMILES string of the molecule is CC/C=C\C/C=C\C/C=C\C/C=C\C/C=C\C/C=C\CCC(=O)OC(COC(=O)CCCCCCCCCCC/C=C\C/C=C\C/C=C\C/C=C\C/C=C\CC)COC(=O)CCCCCCCCCCCCCCCCCCC. The van der Waals surface area contributed by atoms with Crippen molar-refractivity contribution in [2.45, 2.75) is 297 Å². The van der Waals surface area contributed by atoms with Gasteiger partial charge in [-0.3, -0.25) is 14.4 Å². The third kappa shape index (κ3) is 64.3. The summed E-state index contributed by atoms with van der Waals surface area (Å²) < 4.78 is 16.9. The molecular weight excluding hydrogens is 973 g/mol. The quantitative estimate of drug-likeness (QED) is 0.0261. The van der Waals surface area contributed by atoms with Crippen LogP contribution in [-0.4, -0.2) is 37.2 Å². The molecular formula is C73H120O6. The number of allylic oxidation sites excluding steroid dienone is 22. The Morgan fingerprint density at radius 2 is 0.519 bits per heavy atom. The van der Waals surface area contributed by atoms with E-state index in [4.69, 9.17) is 14.2 Å². The Bertz CT molecular complexity index is 1680. The summed E-state index contributed by atoms with van der Waals surface area (Å²) in [6.45, 7) is 6.37. The van der Waals surface area contributed by atoms with Gasteiger partial charge in [0.1, 0.15) is 13.2 Å². The summed E-state index contributed by atoms with van der Waals surface area (Å²) in [7, 11) is 0. The Hall–Kier alpha value is -4.45. The van der Waals surface area contributed by atoms with Crippen molar-refractivity contribution < 1.29 is 28.6 Å². The summed E-state index contributed by atoms with van der Waals surface area (Å²) in [6, 6.07) is 0. The lowest BCUT2D eigenvalue weighted by Crippen LogP contribution is -2.30. The molecule has 1 atom stereocenters. The van der Waals surface area contributed by atoms with Crippen molar-refractivity contribution in [2.75, 3.05) is 13.2 Å². The molecule has 0 aliphatic carbocycles. The number of hydrogen-bond donors (Lipinski definition) is 0. The molecule has 0 spiro atoms. The van der Waals surface area contributed by atoms with Crippen molar-refractivity contribution in [3.8, 4) is 0 Å². The van der Waals surface area contributed by atoms with E-state index in [0.717, 1.165) is 116 Å². The molecule has 0 aliphatic heterocycles. The molecule has 79 heavy (non-hydrogen) atoms. The predicted octanol–water partition coefficient (Wildman–Crippen LogP) is 22.5. The van der Waals surface area contributed by atoms with Crippen molar-refractivity contribution in [2.24, 2.45) is 0 Å². The molecule has 0 N–H and O–H groups in total. The summed E-state index contributed by atoms with van der Waals surface area (Å²) >= 11 is 0. The van der Waals surface area contributed by atoms with Crippen LogP contribution < -0.4 is 0 Å². The summed E-state index contributed by atoms with van der Waals surface area (Å²) in [6.07, 6.45) is 93.2. The Balaban J connectivity index is 4.47. The largest absolute Gasteiger partial charge is 0.462 e. The lowest BCUT2D eigenvalue weighted by molar-refractivity contribution is -0.166. The zero-order valence-corrected chi connectivity index (χ0v) is 51.3. The summed E-state index contributed by atoms with van der Waals surface area (Å²) in [5, 5.41) is 0. The Morgan fingerprint density at radius 3 is 0.823 bits per heavy atom. The summed E-state index contributed by atoms with van der Waals surface area (Å²) in [5.74, 6) is -0.996. The molecule has 0 aromatic carbocycles.